The number of hydrogen-bond donors (Lipinski definition) is 1. The lowest BCUT2D eigenvalue weighted by Crippen LogP contribution is -2.29. The Morgan fingerprint density at radius 3 is 2.55 bits per heavy atom. The number of aliphatic hydroxyl groups excluding tert-OH is 1. The summed E-state index contributed by atoms with van der Waals surface area (Å²) in [6, 6.07) is 9.42. The third-order valence-corrected chi connectivity index (χ3v) is 6.58. The Hall–Kier alpha value is -1.13. The van der Waals surface area contributed by atoms with E-state index >= 15 is 0 Å². The Morgan fingerprint density at radius 2 is 1.95 bits per heavy atom. The van der Waals surface area contributed by atoms with E-state index in [1.807, 2.05) is 49.6 Å². The Kier molecular flexibility index (Phi) is 5.81. The van der Waals surface area contributed by atoms with Crippen molar-refractivity contribution in [2.45, 2.75) is 50.5 Å². The van der Waals surface area contributed by atoms with Crippen molar-refractivity contribution in [1.82, 2.24) is 0 Å². The molecule has 1 aliphatic carbocycles. The van der Waals surface area contributed by atoms with Gasteiger partial charge in [0.2, 0.25) is 0 Å². The van der Waals surface area contributed by atoms with Crippen molar-refractivity contribution < 1.29 is 9.32 Å². The van der Waals surface area contributed by atoms with Crippen LogP contribution in [0.5, 0.6) is 0 Å². The monoisotopic (exact) mass is 321 g/mol. The van der Waals surface area contributed by atoms with Crippen molar-refractivity contribution in [3.8, 4) is 0 Å². The normalized spacial score (nSPS) is 25.0. The molecule has 0 spiro atoms. The second-order valence-electron chi connectivity index (χ2n) is 6.34. The molecule has 1 aromatic rings. The SMILES string of the molecule is CN=S(=O)(/C=C1/CCCC[C@H]1[C@@H](O)C(C)C)c1ccccc1. The van der Waals surface area contributed by atoms with Crippen molar-refractivity contribution >= 4 is 9.73 Å². The average Bonchev–Trinajstić information content (AvgIpc) is 2.55. The maximum Gasteiger partial charge on any atom is 0.0966 e. The fourth-order valence-electron chi connectivity index (χ4n) is 3.11. The third-order valence-electron chi connectivity index (χ3n) is 4.47. The molecule has 1 saturated carbocycles. The molecule has 3 nitrogen and oxygen atoms in total. The number of rotatable bonds is 4. The summed E-state index contributed by atoms with van der Waals surface area (Å²) >= 11 is 0. The van der Waals surface area contributed by atoms with Gasteiger partial charge in [-0.3, -0.25) is 0 Å². The summed E-state index contributed by atoms with van der Waals surface area (Å²) in [7, 11) is -0.931. The van der Waals surface area contributed by atoms with Gasteiger partial charge in [-0.1, -0.05) is 44.0 Å². The molecule has 4 heteroatoms. The van der Waals surface area contributed by atoms with E-state index < -0.39 is 9.73 Å². The molecule has 22 heavy (non-hydrogen) atoms. The summed E-state index contributed by atoms with van der Waals surface area (Å²) in [5.74, 6) is 0.317. The number of aliphatic hydroxyl groups is 1. The third kappa shape index (κ3) is 3.79. The van der Waals surface area contributed by atoms with Gasteiger partial charge in [0, 0.05) is 18.4 Å². The van der Waals surface area contributed by atoms with Crippen LogP contribution >= 0.6 is 0 Å². The largest absolute Gasteiger partial charge is 0.392 e. The zero-order chi connectivity index (χ0) is 16.2. The summed E-state index contributed by atoms with van der Waals surface area (Å²) < 4.78 is 17.4. The topological polar surface area (TPSA) is 49.7 Å². The van der Waals surface area contributed by atoms with Crippen LogP contribution in [0.25, 0.3) is 0 Å². The van der Waals surface area contributed by atoms with Crippen LogP contribution in [-0.2, 0) is 9.73 Å². The van der Waals surface area contributed by atoms with Crippen molar-refractivity contribution in [2.24, 2.45) is 16.2 Å². The van der Waals surface area contributed by atoms with Gasteiger partial charge in [0.1, 0.15) is 0 Å². The first kappa shape index (κ1) is 17.2. The molecule has 0 bridgehead atoms. The Morgan fingerprint density at radius 1 is 1.27 bits per heavy atom. The van der Waals surface area contributed by atoms with E-state index in [-0.39, 0.29) is 17.9 Å². The van der Waals surface area contributed by atoms with Crippen LogP contribution in [-0.4, -0.2) is 22.5 Å². The molecule has 0 aliphatic heterocycles. The zero-order valence-corrected chi connectivity index (χ0v) is 14.6. The quantitative estimate of drug-likeness (QED) is 0.902. The van der Waals surface area contributed by atoms with Crippen LogP contribution in [0.4, 0.5) is 0 Å². The maximum atomic E-state index is 13.2. The molecule has 0 aromatic heterocycles. The Balaban J connectivity index is 2.41. The summed E-state index contributed by atoms with van der Waals surface area (Å²) in [5, 5.41) is 12.3. The van der Waals surface area contributed by atoms with Crippen molar-refractivity contribution in [3.63, 3.8) is 0 Å². The van der Waals surface area contributed by atoms with E-state index in [0.717, 1.165) is 36.2 Å². The molecule has 1 aromatic carbocycles. The standard InChI is InChI=1S/C18H27NO2S/c1-14(2)18(20)17-12-8-7-9-15(17)13-22(21,19-3)16-10-5-4-6-11-16/h4-6,10-11,13-14,17-18,20H,7-9,12H2,1-3H3/b15-13-/t17-,18+,22?/m1/s1. The Labute approximate surface area is 134 Å². The second kappa shape index (κ2) is 7.42. The van der Waals surface area contributed by atoms with Gasteiger partial charge in [-0.05, 0) is 37.3 Å². The van der Waals surface area contributed by atoms with Crippen LogP contribution in [0.2, 0.25) is 0 Å². The van der Waals surface area contributed by atoms with Crippen LogP contribution in [0.1, 0.15) is 39.5 Å². The van der Waals surface area contributed by atoms with Gasteiger partial charge >= 0.3 is 0 Å². The predicted octanol–water partition coefficient (Wildman–Crippen LogP) is 4.23. The summed E-state index contributed by atoms with van der Waals surface area (Å²) in [6.45, 7) is 4.07. The van der Waals surface area contributed by atoms with Gasteiger partial charge in [-0.25, -0.2) is 8.57 Å². The minimum absolute atomic E-state index is 0.111. The van der Waals surface area contributed by atoms with Gasteiger partial charge in [0.05, 0.1) is 20.7 Å². The lowest BCUT2D eigenvalue weighted by atomic mass is 9.78. The average molecular weight is 321 g/mol. The van der Waals surface area contributed by atoms with E-state index in [2.05, 4.69) is 4.36 Å². The van der Waals surface area contributed by atoms with E-state index in [0.29, 0.717) is 0 Å². The van der Waals surface area contributed by atoms with Crippen LogP contribution < -0.4 is 0 Å². The molecule has 0 heterocycles. The summed E-state index contributed by atoms with van der Waals surface area (Å²) in [4.78, 5) is 0.744. The summed E-state index contributed by atoms with van der Waals surface area (Å²) in [6.07, 6.45) is 3.73. The van der Waals surface area contributed by atoms with Gasteiger partial charge in [-0.15, -0.1) is 0 Å². The molecule has 0 amide bonds. The molecule has 122 valence electrons. The maximum absolute atomic E-state index is 13.2. The van der Waals surface area contributed by atoms with Crippen LogP contribution in [0.3, 0.4) is 0 Å². The number of nitrogens with zero attached hydrogens (tertiary/aromatic N) is 1. The Bertz CT molecular complexity index is 628. The smallest absolute Gasteiger partial charge is 0.0966 e. The minimum atomic E-state index is -2.55. The highest BCUT2D eigenvalue weighted by atomic mass is 32.2. The van der Waals surface area contributed by atoms with E-state index in [9.17, 15) is 9.32 Å². The highest BCUT2D eigenvalue weighted by molar-refractivity contribution is 7.96. The first-order valence-corrected chi connectivity index (χ1v) is 9.64. The highest BCUT2D eigenvalue weighted by Crippen LogP contribution is 2.35. The van der Waals surface area contributed by atoms with Crippen LogP contribution in [0, 0.1) is 11.8 Å². The lowest BCUT2D eigenvalue weighted by molar-refractivity contribution is 0.0687. The van der Waals surface area contributed by atoms with Crippen molar-refractivity contribution in [3.05, 3.63) is 41.3 Å². The fraction of sp³-hybridized carbons (Fsp3) is 0.556. The molecule has 1 aliphatic rings. The fourth-order valence-corrected chi connectivity index (χ4v) is 4.81. The first-order chi connectivity index (χ1) is 10.5. The highest BCUT2D eigenvalue weighted by Gasteiger charge is 2.29. The van der Waals surface area contributed by atoms with Gasteiger partial charge in [0.25, 0.3) is 0 Å². The molecule has 1 fully saturated rings. The molecular weight excluding hydrogens is 294 g/mol. The molecule has 1 N–H and O–H groups in total. The van der Waals surface area contributed by atoms with Gasteiger partial charge in [0.15, 0.2) is 0 Å². The second-order valence-corrected chi connectivity index (χ2v) is 8.55. The lowest BCUT2D eigenvalue weighted by Gasteiger charge is -2.32. The van der Waals surface area contributed by atoms with Crippen molar-refractivity contribution in [1.29, 1.82) is 0 Å². The molecule has 3 atom stereocenters. The molecule has 2 rings (SSSR count). The van der Waals surface area contributed by atoms with Crippen LogP contribution in [0.15, 0.2) is 50.6 Å². The minimum Gasteiger partial charge on any atom is -0.392 e. The summed E-state index contributed by atoms with van der Waals surface area (Å²) in [5.41, 5.74) is 1.12. The van der Waals surface area contributed by atoms with E-state index in [1.54, 1.807) is 7.05 Å². The van der Waals surface area contributed by atoms with E-state index in [4.69, 9.17) is 0 Å². The molecule has 1 unspecified atom stereocenters. The molecule has 0 radical (unpaired) electrons. The predicted molar refractivity (Wildman–Crippen MR) is 92.1 cm³/mol. The van der Waals surface area contributed by atoms with E-state index in [1.165, 1.54) is 0 Å². The first-order valence-electron chi connectivity index (χ1n) is 8.07. The molecular formula is C18H27NO2S. The van der Waals surface area contributed by atoms with Gasteiger partial charge in [-0.2, -0.15) is 0 Å². The number of benzene rings is 1. The number of hydrogen-bond acceptors (Lipinski definition) is 3. The van der Waals surface area contributed by atoms with Crippen molar-refractivity contribution in [2.75, 3.05) is 7.05 Å². The molecule has 0 saturated heterocycles. The zero-order valence-electron chi connectivity index (χ0n) is 13.7. The van der Waals surface area contributed by atoms with Gasteiger partial charge < -0.3 is 5.11 Å².